The van der Waals surface area contributed by atoms with E-state index in [9.17, 15) is 27.2 Å². The van der Waals surface area contributed by atoms with E-state index in [1.807, 2.05) is 0 Å². The van der Waals surface area contributed by atoms with E-state index in [0.29, 0.717) is 23.8 Å². The summed E-state index contributed by atoms with van der Waals surface area (Å²) in [6.45, 7) is 2.49. The quantitative estimate of drug-likeness (QED) is 0.640. The summed E-state index contributed by atoms with van der Waals surface area (Å²) >= 11 is 0. The Bertz CT molecular complexity index is 1080. The molecule has 2 amide bonds. The van der Waals surface area contributed by atoms with Crippen LogP contribution in [0.5, 0.6) is 0 Å². The van der Waals surface area contributed by atoms with Crippen molar-refractivity contribution in [3.63, 3.8) is 0 Å². The number of rotatable bonds is 6. The molecule has 0 aliphatic carbocycles. The number of alkyl halides is 3. The Kier molecular flexibility index (Phi) is 6.78. The Morgan fingerprint density at radius 3 is 2.42 bits per heavy atom. The molecule has 0 saturated carbocycles. The first-order valence-electron chi connectivity index (χ1n) is 9.87. The van der Waals surface area contributed by atoms with Crippen LogP contribution in [0.3, 0.4) is 0 Å². The smallest absolute Gasteiger partial charge is 0.416 e. The molecule has 1 aliphatic rings. The van der Waals surface area contributed by atoms with Gasteiger partial charge < -0.3 is 14.8 Å². The van der Waals surface area contributed by atoms with Gasteiger partial charge in [-0.25, -0.2) is 4.39 Å². The zero-order chi connectivity index (χ0) is 24.4. The number of hydrogen-bond acceptors (Lipinski definition) is 4. The zero-order valence-corrected chi connectivity index (χ0v) is 18.1. The first kappa shape index (κ1) is 24.2. The van der Waals surface area contributed by atoms with Gasteiger partial charge in [0.05, 0.1) is 16.8 Å². The number of benzene rings is 2. The van der Waals surface area contributed by atoms with Crippen LogP contribution in [0.1, 0.15) is 25.0 Å². The molecule has 0 spiro atoms. The molecule has 2 aromatic rings. The highest BCUT2D eigenvalue weighted by atomic mass is 19.4. The lowest BCUT2D eigenvalue weighted by molar-refractivity contribution is -0.147. The molecular weight excluding hydrogens is 444 g/mol. The van der Waals surface area contributed by atoms with Crippen LogP contribution in [-0.2, 0) is 25.2 Å². The molecule has 6 nitrogen and oxygen atoms in total. The first-order chi connectivity index (χ1) is 15.5. The van der Waals surface area contributed by atoms with Gasteiger partial charge in [0, 0.05) is 7.11 Å². The van der Waals surface area contributed by atoms with Gasteiger partial charge in [0.1, 0.15) is 23.7 Å². The third-order valence-electron chi connectivity index (χ3n) is 5.22. The molecular formula is C23H22F4N2O4. The van der Waals surface area contributed by atoms with Gasteiger partial charge in [-0.3, -0.25) is 14.5 Å². The fourth-order valence-corrected chi connectivity index (χ4v) is 3.27. The second-order valence-electron chi connectivity index (χ2n) is 7.81. The molecule has 1 aliphatic heterocycles. The van der Waals surface area contributed by atoms with E-state index >= 15 is 0 Å². The number of ether oxygens (including phenoxy) is 2. The summed E-state index contributed by atoms with van der Waals surface area (Å²) in [5.74, 6) is -2.19. The van der Waals surface area contributed by atoms with Crippen molar-refractivity contribution in [2.45, 2.75) is 25.6 Å². The highest BCUT2D eigenvalue weighted by Crippen LogP contribution is 2.34. The molecule has 176 valence electrons. The lowest BCUT2D eigenvalue weighted by atomic mass is 9.96. The van der Waals surface area contributed by atoms with Gasteiger partial charge in [0.15, 0.2) is 6.73 Å². The molecule has 0 fully saturated rings. The molecule has 0 unspecified atom stereocenters. The van der Waals surface area contributed by atoms with Gasteiger partial charge in [-0.1, -0.05) is 30.3 Å². The van der Waals surface area contributed by atoms with Crippen LogP contribution < -0.4 is 5.32 Å². The minimum atomic E-state index is -4.72. The van der Waals surface area contributed by atoms with Crippen LogP contribution in [0.4, 0.5) is 23.2 Å². The molecule has 0 aromatic heterocycles. The molecule has 0 bridgehead atoms. The van der Waals surface area contributed by atoms with Crippen molar-refractivity contribution in [2.75, 3.05) is 25.8 Å². The topological polar surface area (TPSA) is 67.9 Å². The lowest BCUT2D eigenvalue weighted by Crippen LogP contribution is -2.57. The number of nitrogens with zero attached hydrogens (tertiary/aromatic N) is 1. The standard InChI is InChI=1S/C23H22F4N2O4/c1-22(2,21(31)28-17-11-15(23(25,26)27)9-10-16(17)24)29-13-33-18(12-32-3)19(20(29)30)14-7-5-4-6-8-14/h4-11H,12-13H2,1-3H3,(H,28,31). The van der Waals surface area contributed by atoms with Crippen LogP contribution in [0.25, 0.3) is 5.57 Å². The normalized spacial score (nSPS) is 14.9. The molecule has 2 aromatic carbocycles. The molecule has 0 radical (unpaired) electrons. The molecule has 3 rings (SSSR count). The van der Waals surface area contributed by atoms with E-state index in [-0.39, 0.29) is 24.7 Å². The van der Waals surface area contributed by atoms with Crippen LogP contribution in [0, 0.1) is 5.82 Å². The molecule has 1 heterocycles. The summed E-state index contributed by atoms with van der Waals surface area (Å²) in [5.41, 5.74) is -2.63. The van der Waals surface area contributed by atoms with Gasteiger partial charge in [-0.15, -0.1) is 0 Å². The van der Waals surface area contributed by atoms with Crippen LogP contribution in [-0.4, -0.2) is 42.7 Å². The number of hydrogen-bond donors (Lipinski definition) is 1. The predicted molar refractivity (Wildman–Crippen MR) is 112 cm³/mol. The maximum Gasteiger partial charge on any atom is 0.416 e. The molecule has 0 atom stereocenters. The van der Waals surface area contributed by atoms with Crippen molar-refractivity contribution >= 4 is 23.1 Å². The fourth-order valence-electron chi connectivity index (χ4n) is 3.27. The van der Waals surface area contributed by atoms with Crippen molar-refractivity contribution < 1.29 is 36.6 Å². The van der Waals surface area contributed by atoms with Gasteiger partial charge in [0.2, 0.25) is 5.91 Å². The minimum absolute atomic E-state index is 0.0197. The maximum atomic E-state index is 14.1. The van der Waals surface area contributed by atoms with Gasteiger partial charge in [0.25, 0.3) is 5.91 Å². The van der Waals surface area contributed by atoms with E-state index in [2.05, 4.69) is 5.32 Å². The summed E-state index contributed by atoms with van der Waals surface area (Å²) < 4.78 is 63.9. The van der Waals surface area contributed by atoms with E-state index in [0.717, 1.165) is 4.90 Å². The highest BCUT2D eigenvalue weighted by Gasteiger charge is 2.43. The summed E-state index contributed by atoms with van der Waals surface area (Å²) in [5, 5.41) is 2.17. The van der Waals surface area contributed by atoms with E-state index in [1.54, 1.807) is 30.3 Å². The minimum Gasteiger partial charge on any atom is -0.474 e. The monoisotopic (exact) mass is 466 g/mol. The molecule has 10 heteroatoms. The SMILES string of the molecule is COCC1=C(c2ccccc2)C(=O)N(C(C)(C)C(=O)Nc2cc(C(F)(F)F)ccc2F)CO1. The van der Waals surface area contributed by atoms with Crippen molar-refractivity contribution in [2.24, 2.45) is 0 Å². The number of anilines is 1. The Morgan fingerprint density at radius 1 is 1.15 bits per heavy atom. The predicted octanol–water partition coefficient (Wildman–Crippen LogP) is 4.44. The van der Waals surface area contributed by atoms with Crippen molar-refractivity contribution in [3.05, 3.63) is 71.2 Å². The van der Waals surface area contributed by atoms with E-state index < -0.39 is 40.6 Å². The van der Waals surface area contributed by atoms with Crippen molar-refractivity contribution in [3.8, 4) is 0 Å². The van der Waals surface area contributed by atoms with Crippen LogP contribution >= 0.6 is 0 Å². The van der Waals surface area contributed by atoms with Crippen molar-refractivity contribution in [1.82, 2.24) is 4.90 Å². The average molecular weight is 466 g/mol. The van der Waals surface area contributed by atoms with E-state index in [1.165, 1.54) is 21.0 Å². The Balaban J connectivity index is 1.91. The largest absolute Gasteiger partial charge is 0.474 e. The Morgan fingerprint density at radius 2 is 1.82 bits per heavy atom. The lowest BCUT2D eigenvalue weighted by Gasteiger charge is -2.40. The average Bonchev–Trinajstić information content (AvgIpc) is 2.75. The highest BCUT2D eigenvalue weighted by molar-refractivity contribution is 6.22. The number of nitrogens with one attached hydrogen (secondary N) is 1. The molecule has 33 heavy (non-hydrogen) atoms. The number of amides is 2. The summed E-state index contributed by atoms with van der Waals surface area (Å²) in [4.78, 5) is 27.5. The van der Waals surface area contributed by atoms with Crippen LogP contribution in [0.2, 0.25) is 0 Å². The number of halogens is 4. The maximum absolute atomic E-state index is 14.1. The van der Waals surface area contributed by atoms with E-state index in [4.69, 9.17) is 9.47 Å². The van der Waals surface area contributed by atoms with Crippen LogP contribution in [0.15, 0.2) is 54.3 Å². The molecule has 1 N–H and O–H groups in total. The second-order valence-corrected chi connectivity index (χ2v) is 7.81. The number of methoxy groups -OCH3 is 1. The second kappa shape index (κ2) is 9.22. The number of carbonyl (C=O) groups excluding carboxylic acids is 2. The summed E-state index contributed by atoms with van der Waals surface area (Å²) in [7, 11) is 1.44. The number of carbonyl (C=O) groups is 2. The van der Waals surface area contributed by atoms with Gasteiger partial charge >= 0.3 is 6.18 Å². The third-order valence-corrected chi connectivity index (χ3v) is 5.22. The zero-order valence-electron chi connectivity index (χ0n) is 18.1. The molecule has 0 saturated heterocycles. The van der Waals surface area contributed by atoms with Gasteiger partial charge in [-0.05, 0) is 37.6 Å². The first-order valence-corrected chi connectivity index (χ1v) is 9.87. The Labute approximate surface area is 187 Å². The van der Waals surface area contributed by atoms with Gasteiger partial charge in [-0.2, -0.15) is 13.2 Å². The summed E-state index contributed by atoms with van der Waals surface area (Å²) in [6, 6.07) is 10.3. The Hall–Kier alpha value is -3.40. The van der Waals surface area contributed by atoms with Crippen molar-refractivity contribution in [1.29, 1.82) is 0 Å². The summed E-state index contributed by atoms with van der Waals surface area (Å²) in [6.07, 6.45) is -4.72. The fraction of sp³-hybridized carbons (Fsp3) is 0.304. The third kappa shape index (κ3) is 5.00.